The molecule has 3 aromatic rings. The monoisotopic (exact) mass is 655 g/mol. The molecule has 4 atom stereocenters. The van der Waals surface area contributed by atoms with Crippen LogP contribution in [0, 0.1) is 11.8 Å². The summed E-state index contributed by atoms with van der Waals surface area (Å²) in [4.78, 5) is 53.1. The highest BCUT2D eigenvalue weighted by atomic mass is 16.5. The Hall–Kier alpha value is -5.04. The first-order valence-electron chi connectivity index (χ1n) is 15.7. The third-order valence-electron chi connectivity index (χ3n) is 9.80. The molecule has 0 radical (unpaired) electrons. The number of hydrogen-bond donors (Lipinski definition) is 6. The number of primary amides is 1. The van der Waals surface area contributed by atoms with Crippen LogP contribution in [0.4, 0.5) is 0 Å². The molecule has 0 aliphatic heterocycles. The maximum atomic E-state index is 14.2. The molecule has 12 heteroatoms. The van der Waals surface area contributed by atoms with E-state index in [4.69, 9.17) is 10.5 Å². The molecule has 3 aliphatic carbocycles. The first-order chi connectivity index (χ1) is 22.8. The SMILES string of the molecule is CCOC(=O)CNCc1ccc(-c2ccc(O)c3c2C[C@H]2C[C@H]4C(N(C)C)C(=O)C(C(N)=O)=C(O)[C@@]4(O)C(=O)C2=C3O)c2ccccc12. The number of aliphatic hydroxyl groups is 3. The normalized spacial score (nSPS) is 23.6. The molecule has 3 aliphatic rings. The van der Waals surface area contributed by atoms with Crippen LogP contribution in [0.25, 0.3) is 27.7 Å². The summed E-state index contributed by atoms with van der Waals surface area (Å²) < 4.78 is 5.00. The quantitative estimate of drug-likeness (QED) is 0.154. The van der Waals surface area contributed by atoms with Crippen LogP contribution in [0.3, 0.4) is 0 Å². The topological polar surface area (TPSA) is 200 Å². The predicted molar refractivity (Wildman–Crippen MR) is 176 cm³/mol. The zero-order valence-electron chi connectivity index (χ0n) is 26.7. The van der Waals surface area contributed by atoms with Crippen LogP contribution in [-0.2, 0) is 36.9 Å². The molecule has 7 N–H and O–H groups in total. The zero-order valence-corrected chi connectivity index (χ0v) is 26.7. The highest BCUT2D eigenvalue weighted by molar-refractivity contribution is 6.24. The number of fused-ring (bicyclic) bond motifs is 4. The van der Waals surface area contributed by atoms with E-state index in [1.807, 2.05) is 36.4 Å². The predicted octanol–water partition coefficient (Wildman–Crippen LogP) is 2.44. The van der Waals surface area contributed by atoms with E-state index in [0.717, 1.165) is 21.9 Å². The molecule has 6 rings (SSSR count). The van der Waals surface area contributed by atoms with Gasteiger partial charge in [0.05, 0.1) is 24.8 Å². The number of aliphatic hydroxyl groups excluding tert-OH is 2. The molecular weight excluding hydrogens is 618 g/mol. The van der Waals surface area contributed by atoms with E-state index in [9.17, 15) is 39.6 Å². The second-order valence-corrected chi connectivity index (χ2v) is 12.7. The van der Waals surface area contributed by atoms with Crippen LogP contribution in [0.5, 0.6) is 5.75 Å². The maximum absolute atomic E-state index is 14.2. The van der Waals surface area contributed by atoms with Crippen molar-refractivity contribution in [2.45, 2.75) is 38.0 Å². The Morgan fingerprint density at radius 3 is 2.38 bits per heavy atom. The Balaban J connectivity index is 1.47. The third-order valence-corrected chi connectivity index (χ3v) is 9.80. The summed E-state index contributed by atoms with van der Waals surface area (Å²) in [5.74, 6) is -7.32. The molecule has 0 bridgehead atoms. The molecule has 1 amide bonds. The summed E-state index contributed by atoms with van der Waals surface area (Å²) >= 11 is 0. The van der Waals surface area contributed by atoms with E-state index in [1.165, 1.54) is 11.0 Å². The number of ketones is 2. The van der Waals surface area contributed by atoms with Gasteiger partial charge in [-0.25, -0.2) is 0 Å². The van der Waals surface area contributed by atoms with Crippen LogP contribution in [0.2, 0.25) is 0 Å². The number of likely N-dealkylation sites (N-methyl/N-ethyl adjacent to an activating group) is 1. The Bertz CT molecular complexity index is 1960. The Morgan fingerprint density at radius 1 is 1.02 bits per heavy atom. The van der Waals surface area contributed by atoms with Crippen LogP contribution in [0.1, 0.15) is 30.0 Å². The Morgan fingerprint density at radius 2 is 1.71 bits per heavy atom. The molecular formula is C36H37N3O9. The van der Waals surface area contributed by atoms with Gasteiger partial charge in [-0.1, -0.05) is 42.5 Å². The maximum Gasteiger partial charge on any atom is 0.319 e. The van der Waals surface area contributed by atoms with Gasteiger partial charge in [-0.2, -0.15) is 0 Å². The first kappa shape index (κ1) is 32.9. The van der Waals surface area contributed by atoms with Crippen molar-refractivity contribution in [3.63, 3.8) is 0 Å². The number of Topliss-reactive ketones (excluding diaryl/α,β-unsaturated/α-hetero) is 2. The molecule has 1 saturated carbocycles. The van der Waals surface area contributed by atoms with Crippen molar-refractivity contribution >= 4 is 40.0 Å². The molecule has 48 heavy (non-hydrogen) atoms. The summed E-state index contributed by atoms with van der Waals surface area (Å²) in [7, 11) is 3.12. The third kappa shape index (κ3) is 4.95. The number of nitrogens with zero attached hydrogens (tertiary/aromatic N) is 1. The fourth-order valence-corrected chi connectivity index (χ4v) is 7.76. The van der Waals surface area contributed by atoms with Crippen LogP contribution < -0.4 is 11.1 Å². The second kappa shape index (κ2) is 12.2. The van der Waals surface area contributed by atoms with Crippen molar-refractivity contribution in [2.24, 2.45) is 17.6 Å². The number of ether oxygens (including phenoxy) is 1. The van der Waals surface area contributed by atoms with Crippen molar-refractivity contribution in [1.29, 1.82) is 0 Å². The molecule has 12 nitrogen and oxygen atoms in total. The van der Waals surface area contributed by atoms with E-state index in [1.54, 1.807) is 27.1 Å². The van der Waals surface area contributed by atoms with Crippen molar-refractivity contribution in [1.82, 2.24) is 10.2 Å². The van der Waals surface area contributed by atoms with Gasteiger partial charge < -0.3 is 36.2 Å². The van der Waals surface area contributed by atoms with E-state index < -0.39 is 58.0 Å². The number of hydrogen-bond acceptors (Lipinski definition) is 11. The summed E-state index contributed by atoms with van der Waals surface area (Å²) in [6.45, 7) is 2.49. The first-order valence-corrected chi connectivity index (χ1v) is 15.7. The van der Waals surface area contributed by atoms with Gasteiger partial charge in [0.1, 0.15) is 22.8 Å². The number of carbonyl (C=O) groups is 4. The minimum Gasteiger partial charge on any atom is -0.508 e. The van der Waals surface area contributed by atoms with Crippen LogP contribution >= 0.6 is 0 Å². The van der Waals surface area contributed by atoms with E-state index in [0.29, 0.717) is 24.3 Å². The summed E-state index contributed by atoms with van der Waals surface area (Å²) in [6.07, 6.45) is 0.155. The van der Waals surface area contributed by atoms with Gasteiger partial charge in [0.25, 0.3) is 5.91 Å². The van der Waals surface area contributed by atoms with Crippen LogP contribution in [0.15, 0.2) is 65.4 Å². The Labute approximate surface area is 276 Å². The number of nitrogens with one attached hydrogen (secondary N) is 1. The van der Waals surface area contributed by atoms with Gasteiger partial charge in [-0.15, -0.1) is 0 Å². The lowest BCUT2D eigenvalue weighted by Gasteiger charge is -2.50. The van der Waals surface area contributed by atoms with E-state index >= 15 is 0 Å². The smallest absolute Gasteiger partial charge is 0.319 e. The lowest BCUT2D eigenvalue weighted by molar-refractivity contribution is -0.153. The van der Waals surface area contributed by atoms with Gasteiger partial charge in [0, 0.05) is 18.0 Å². The van der Waals surface area contributed by atoms with Gasteiger partial charge >= 0.3 is 5.97 Å². The molecule has 3 aromatic carbocycles. The highest BCUT2D eigenvalue weighted by Crippen LogP contribution is 2.54. The van der Waals surface area contributed by atoms with Gasteiger partial charge in [0.15, 0.2) is 11.4 Å². The molecule has 0 spiro atoms. The van der Waals surface area contributed by atoms with E-state index in [2.05, 4.69) is 5.32 Å². The van der Waals surface area contributed by atoms with Gasteiger partial charge in [0.2, 0.25) is 5.78 Å². The fourth-order valence-electron chi connectivity index (χ4n) is 7.76. The number of esters is 1. The average molecular weight is 656 g/mol. The highest BCUT2D eigenvalue weighted by Gasteiger charge is 2.64. The van der Waals surface area contributed by atoms with E-state index in [-0.39, 0.29) is 42.2 Å². The molecule has 0 aromatic heterocycles. The molecule has 0 saturated heterocycles. The number of carbonyl (C=O) groups excluding carboxylic acids is 4. The number of benzene rings is 3. The summed E-state index contributed by atoms with van der Waals surface area (Å²) in [5.41, 5.74) is 4.68. The molecule has 1 unspecified atom stereocenters. The average Bonchev–Trinajstić information content (AvgIpc) is 3.03. The lowest BCUT2D eigenvalue weighted by atomic mass is 9.57. The number of nitrogens with two attached hydrogens (primary N) is 1. The summed E-state index contributed by atoms with van der Waals surface area (Å²) in [5, 5.41) is 50.6. The standard InChI is InChI=1S/C36H37N3O9/c1-4-48-26(41)16-38-15-17-9-10-21(20-8-6-5-7-19(17)20)22-11-12-25(40)28-23(22)13-18-14-24-30(39(2)3)32(43)29(35(37)46)34(45)36(24,47)33(44)27(18)31(28)42/h5-12,18,24,30,38,40,42,45,47H,4,13-16H2,1-3H3,(H2,37,46)/t18-,24-,30?,36-/m0/s1. The lowest BCUT2D eigenvalue weighted by Crippen LogP contribution is -2.65. The Kier molecular flexibility index (Phi) is 8.36. The van der Waals surface area contributed by atoms with Crippen molar-refractivity contribution in [3.05, 3.63) is 82.1 Å². The number of aromatic hydroxyl groups is 1. The van der Waals surface area contributed by atoms with Gasteiger partial charge in [-0.05, 0) is 78.9 Å². The number of phenolic OH excluding ortho intramolecular Hbond substituents is 1. The minimum atomic E-state index is -2.70. The number of rotatable bonds is 8. The number of phenols is 1. The van der Waals surface area contributed by atoms with Crippen molar-refractivity contribution in [3.8, 4) is 16.9 Å². The largest absolute Gasteiger partial charge is 0.508 e. The number of amides is 1. The van der Waals surface area contributed by atoms with Crippen molar-refractivity contribution < 1.29 is 44.3 Å². The van der Waals surface area contributed by atoms with Crippen LogP contribution in [-0.4, -0.2) is 87.7 Å². The molecule has 250 valence electrons. The molecule has 1 fully saturated rings. The minimum absolute atomic E-state index is 0.00726. The fraction of sp³-hybridized carbons (Fsp3) is 0.333. The van der Waals surface area contributed by atoms with Crippen molar-refractivity contribution in [2.75, 3.05) is 27.2 Å². The zero-order chi connectivity index (χ0) is 34.7. The van der Waals surface area contributed by atoms with Gasteiger partial charge in [-0.3, -0.25) is 24.1 Å². The second-order valence-electron chi connectivity index (χ2n) is 12.7. The summed E-state index contributed by atoms with van der Waals surface area (Å²) in [6, 6.07) is 13.6. The molecule has 0 heterocycles.